The van der Waals surface area contributed by atoms with Crippen molar-refractivity contribution in [3.63, 3.8) is 0 Å². The molecule has 10 nitrogen and oxygen atoms in total. The van der Waals surface area contributed by atoms with Gasteiger partial charge in [0.15, 0.2) is 12.4 Å². The molecule has 3 unspecified atom stereocenters. The van der Waals surface area contributed by atoms with Crippen LogP contribution in [0.2, 0.25) is 0 Å². The zero-order valence-corrected chi connectivity index (χ0v) is 29.8. The Kier molecular flexibility index (Phi) is 27.5. The van der Waals surface area contributed by atoms with Crippen LogP contribution >= 0.6 is 0 Å². The van der Waals surface area contributed by atoms with Crippen molar-refractivity contribution in [3.05, 3.63) is 0 Å². The maximum Gasteiger partial charge on any atom is 0.306 e. The number of aliphatic hydroxyl groups excluding tert-OH is 4. The molecule has 0 spiro atoms. The van der Waals surface area contributed by atoms with Crippen molar-refractivity contribution in [2.24, 2.45) is 0 Å². The lowest BCUT2D eigenvalue weighted by Gasteiger charge is -2.39. The van der Waals surface area contributed by atoms with Crippen molar-refractivity contribution in [2.45, 2.75) is 205 Å². The molecule has 0 radical (unpaired) electrons. The van der Waals surface area contributed by atoms with Gasteiger partial charge in [0.25, 0.3) is 0 Å². The monoisotopic (exact) mass is 674 g/mol. The van der Waals surface area contributed by atoms with E-state index in [4.69, 9.17) is 18.9 Å². The van der Waals surface area contributed by atoms with E-state index in [0.29, 0.717) is 6.42 Å². The Morgan fingerprint density at radius 2 is 1.00 bits per heavy atom. The van der Waals surface area contributed by atoms with Crippen LogP contribution in [0.3, 0.4) is 0 Å². The van der Waals surface area contributed by atoms with Crippen molar-refractivity contribution in [1.82, 2.24) is 0 Å². The number of aliphatic hydroxyl groups is 4. The van der Waals surface area contributed by atoms with Gasteiger partial charge in [0.2, 0.25) is 0 Å². The molecule has 0 saturated carbocycles. The molecular weight excluding hydrogens is 604 g/mol. The third kappa shape index (κ3) is 22.1. The molecule has 1 heterocycles. The third-order valence-electron chi connectivity index (χ3n) is 8.99. The fourth-order valence-electron chi connectivity index (χ4n) is 5.89. The highest BCUT2D eigenvalue weighted by molar-refractivity contribution is 5.70. The maximum absolute atomic E-state index is 12.6. The van der Waals surface area contributed by atoms with Crippen LogP contribution in [-0.2, 0) is 28.5 Å². The van der Waals surface area contributed by atoms with Crippen LogP contribution in [0.4, 0.5) is 0 Å². The Morgan fingerprint density at radius 3 is 1.45 bits per heavy atom. The molecule has 1 fully saturated rings. The number of carbonyl (C=O) groups excluding carboxylic acids is 2. The second kappa shape index (κ2) is 29.6. The summed E-state index contributed by atoms with van der Waals surface area (Å²) in [6.07, 6.45) is 18.3. The zero-order valence-electron chi connectivity index (χ0n) is 29.8. The standard InChI is InChI=1S/C37H70O10/c1-3-5-7-9-11-13-15-17-19-21-23-25-32(39)44-28-30(29-45-37-36(43)35(42)34(41)31(27-38)47-37)46-33(40)26-24-22-20-18-16-14-12-10-8-6-4-2/h30-31,34-38,41-43H,3-29H2,1-2H3/t30?,31?,34-,35+,36?,37+/m0/s1. The van der Waals surface area contributed by atoms with Gasteiger partial charge in [-0.15, -0.1) is 0 Å². The molecule has 1 saturated heterocycles. The van der Waals surface area contributed by atoms with Crippen molar-refractivity contribution < 1.29 is 49.0 Å². The van der Waals surface area contributed by atoms with Gasteiger partial charge < -0.3 is 39.4 Å². The first-order valence-electron chi connectivity index (χ1n) is 19.1. The molecule has 47 heavy (non-hydrogen) atoms. The summed E-state index contributed by atoms with van der Waals surface area (Å²) in [6.45, 7) is 3.39. The van der Waals surface area contributed by atoms with Gasteiger partial charge in [-0.2, -0.15) is 0 Å². The molecule has 0 bridgehead atoms. The first kappa shape index (κ1) is 43.7. The van der Waals surface area contributed by atoms with E-state index in [-0.39, 0.29) is 32.0 Å². The molecule has 1 aliphatic rings. The van der Waals surface area contributed by atoms with E-state index < -0.39 is 49.4 Å². The number of hydrogen-bond acceptors (Lipinski definition) is 10. The van der Waals surface area contributed by atoms with Crippen LogP contribution in [0.1, 0.15) is 168 Å². The van der Waals surface area contributed by atoms with Crippen molar-refractivity contribution >= 4 is 11.9 Å². The van der Waals surface area contributed by atoms with Crippen molar-refractivity contribution in [3.8, 4) is 0 Å². The maximum atomic E-state index is 12.6. The Morgan fingerprint density at radius 1 is 0.574 bits per heavy atom. The van der Waals surface area contributed by atoms with Gasteiger partial charge in [-0.1, -0.05) is 142 Å². The number of rotatable bonds is 31. The number of unbranched alkanes of at least 4 members (excludes halogenated alkanes) is 20. The highest BCUT2D eigenvalue weighted by Crippen LogP contribution is 2.22. The lowest BCUT2D eigenvalue weighted by Crippen LogP contribution is -2.59. The highest BCUT2D eigenvalue weighted by atomic mass is 16.7. The molecule has 0 aromatic rings. The number of ether oxygens (including phenoxy) is 4. The van der Waals surface area contributed by atoms with E-state index in [9.17, 15) is 30.0 Å². The largest absolute Gasteiger partial charge is 0.462 e. The second-order valence-electron chi connectivity index (χ2n) is 13.4. The van der Waals surface area contributed by atoms with Gasteiger partial charge in [-0.3, -0.25) is 9.59 Å². The SMILES string of the molecule is CCCCCCCCCCCCCC(=O)OCC(CO[C@@H]1OC(CO)[C@H](O)[C@@H](O)C1O)OC(=O)CCCCCCCCCCCCC. The molecule has 6 atom stereocenters. The highest BCUT2D eigenvalue weighted by Gasteiger charge is 2.44. The van der Waals surface area contributed by atoms with Gasteiger partial charge in [0.1, 0.15) is 31.0 Å². The summed E-state index contributed by atoms with van der Waals surface area (Å²) in [6, 6.07) is 0. The van der Waals surface area contributed by atoms with Gasteiger partial charge in [-0.25, -0.2) is 0 Å². The minimum Gasteiger partial charge on any atom is -0.462 e. The average molecular weight is 675 g/mol. The summed E-state index contributed by atoms with van der Waals surface area (Å²) >= 11 is 0. The average Bonchev–Trinajstić information content (AvgIpc) is 3.06. The fraction of sp³-hybridized carbons (Fsp3) is 0.946. The summed E-state index contributed by atoms with van der Waals surface area (Å²) in [4.78, 5) is 25.1. The van der Waals surface area contributed by atoms with Crippen LogP contribution < -0.4 is 0 Å². The molecule has 0 amide bonds. The smallest absolute Gasteiger partial charge is 0.306 e. The van der Waals surface area contributed by atoms with Gasteiger partial charge in [-0.05, 0) is 12.8 Å². The fourth-order valence-corrected chi connectivity index (χ4v) is 5.89. The lowest BCUT2D eigenvalue weighted by atomic mass is 9.99. The first-order chi connectivity index (χ1) is 22.8. The van der Waals surface area contributed by atoms with Crippen molar-refractivity contribution in [1.29, 1.82) is 0 Å². The van der Waals surface area contributed by atoms with Crippen LogP contribution in [-0.4, -0.2) is 89.0 Å². The van der Waals surface area contributed by atoms with Gasteiger partial charge >= 0.3 is 11.9 Å². The Balaban J connectivity index is 2.40. The molecule has 0 aromatic heterocycles. The summed E-state index contributed by atoms with van der Waals surface area (Å²) in [5.41, 5.74) is 0. The number of hydrogen-bond donors (Lipinski definition) is 4. The van der Waals surface area contributed by atoms with E-state index in [1.807, 2.05) is 0 Å². The van der Waals surface area contributed by atoms with E-state index >= 15 is 0 Å². The van der Waals surface area contributed by atoms with Crippen LogP contribution in [0.15, 0.2) is 0 Å². The Hall–Kier alpha value is -1.30. The first-order valence-corrected chi connectivity index (χ1v) is 19.1. The van der Waals surface area contributed by atoms with Crippen LogP contribution in [0.25, 0.3) is 0 Å². The van der Waals surface area contributed by atoms with Crippen LogP contribution in [0, 0.1) is 0 Å². The van der Waals surface area contributed by atoms with Crippen molar-refractivity contribution in [2.75, 3.05) is 19.8 Å². The summed E-state index contributed by atoms with van der Waals surface area (Å²) in [7, 11) is 0. The Bertz CT molecular complexity index is 749. The van der Waals surface area contributed by atoms with Gasteiger partial charge in [0, 0.05) is 12.8 Å². The van der Waals surface area contributed by atoms with Gasteiger partial charge in [0.05, 0.1) is 13.2 Å². The molecule has 1 rings (SSSR count). The van der Waals surface area contributed by atoms with E-state index in [1.165, 1.54) is 96.3 Å². The lowest BCUT2D eigenvalue weighted by molar-refractivity contribution is -0.305. The normalized spacial score (nSPS) is 21.9. The Labute approximate surface area is 285 Å². The minimum absolute atomic E-state index is 0.210. The third-order valence-corrected chi connectivity index (χ3v) is 8.99. The molecule has 0 aromatic carbocycles. The molecule has 4 N–H and O–H groups in total. The van der Waals surface area contributed by atoms with E-state index in [0.717, 1.165) is 38.5 Å². The molecule has 0 aliphatic carbocycles. The number of esters is 2. The second-order valence-corrected chi connectivity index (χ2v) is 13.4. The molecular formula is C37H70O10. The topological polar surface area (TPSA) is 152 Å². The van der Waals surface area contributed by atoms with Crippen LogP contribution in [0.5, 0.6) is 0 Å². The summed E-state index contributed by atoms with van der Waals surface area (Å²) in [5.74, 6) is -0.801. The quantitative estimate of drug-likeness (QED) is 0.0464. The number of carbonyl (C=O) groups is 2. The molecule has 1 aliphatic heterocycles. The summed E-state index contributed by atoms with van der Waals surface area (Å²) < 4.78 is 22.0. The zero-order chi connectivity index (χ0) is 34.5. The minimum atomic E-state index is -1.59. The van der Waals surface area contributed by atoms with E-state index in [1.54, 1.807) is 0 Å². The predicted molar refractivity (Wildman–Crippen MR) is 183 cm³/mol. The summed E-state index contributed by atoms with van der Waals surface area (Å²) in [5, 5.41) is 39.8. The molecule has 10 heteroatoms. The predicted octanol–water partition coefficient (Wildman–Crippen LogP) is 6.66. The molecule has 278 valence electrons. The van der Waals surface area contributed by atoms with E-state index in [2.05, 4.69) is 13.8 Å².